The summed E-state index contributed by atoms with van der Waals surface area (Å²) < 4.78 is 0. The Morgan fingerprint density at radius 3 is 2.35 bits per heavy atom. The Morgan fingerprint density at radius 1 is 1.10 bits per heavy atom. The van der Waals surface area contributed by atoms with Crippen molar-refractivity contribution in [2.45, 2.75) is 31.9 Å². The molecule has 0 radical (unpaired) electrons. The van der Waals surface area contributed by atoms with Crippen LogP contribution in [0, 0.1) is 0 Å². The van der Waals surface area contributed by atoms with E-state index >= 15 is 0 Å². The van der Waals surface area contributed by atoms with Crippen LogP contribution in [0.3, 0.4) is 0 Å². The Kier molecular flexibility index (Phi) is 4.03. The molecule has 0 spiro atoms. The zero-order valence-corrected chi connectivity index (χ0v) is 11.8. The second-order valence-electron chi connectivity index (χ2n) is 5.90. The Bertz CT molecular complexity index is 460. The number of carbonyl (C=O) groups is 1. The normalized spacial score (nSPS) is 20.8. The van der Waals surface area contributed by atoms with Gasteiger partial charge in [0.15, 0.2) is 0 Å². The highest BCUT2D eigenvalue weighted by Gasteiger charge is 2.29. The van der Waals surface area contributed by atoms with E-state index in [1.807, 2.05) is 12.1 Å². The third kappa shape index (κ3) is 3.02. The number of benzene rings is 1. The van der Waals surface area contributed by atoms with E-state index < -0.39 is 0 Å². The number of carbonyl (C=O) groups excluding carboxylic acids is 1. The van der Waals surface area contributed by atoms with Gasteiger partial charge < -0.3 is 10.0 Å². The quantitative estimate of drug-likeness (QED) is 0.908. The lowest BCUT2D eigenvalue weighted by Crippen LogP contribution is -2.53. The Morgan fingerprint density at radius 2 is 1.75 bits per heavy atom. The number of likely N-dealkylation sites (tertiary alicyclic amines) is 2. The third-order valence-electron chi connectivity index (χ3n) is 4.21. The van der Waals surface area contributed by atoms with Crippen molar-refractivity contribution in [3.8, 4) is 0 Å². The summed E-state index contributed by atoms with van der Waals surface area (Å²) in [5.41, 5.74) is 1.99. The van der Waals surface area contributed by atoms with E-state index in [1.54, 1.807) is 4.90 Å². The molecule has 2 aliphatic heterocycles. The first-order chi connectivity index (χ1) is 9.72. The van der Waals surface area contributed by atoms with Gasteiger partial charge in [-0.25, -0.2) is 0 Å². The van der Waals surface area contributed by atoms with Gasteiger partial charge in [-0.05, 0) is 43.6 Å². The number of nitrogens with zero attached hydrogens (tertiary/aromatic N) is 2. The second kappa shape index (κ2) is 5.94. The highest BCUT2D eigenvalue weighted by Crippen LogP contribution is 2.16. The van der Waals surface area contributed by atoms with Gasteiger partial charge in [-0.15, -0.1) is 0 Å². The molecule has 108 valence electrons. The van der Waals surface area contributed by atoms with Gasteiger partial charge in [0, 0.05) is 25.2 Å². The Hall–Kier alpha value is -1.39. The van der Waals surface area contributed by atoms with Crippen LogP contribution in [0.15, 0.2) is 24.3 Å². The molecular weight excluding hydrogens is 252 g/mol. The van der Waals surface area contributed by atoms with Crippen molar-refractivity contribution in [1.82, 2.24) is 9.80 Å². The summed E-state index contributed by atoms with van der Waals surface area (Å²) in [6.45, 7) is 4.29. The van der Waals surface area contributed by atoms with Gasteiger partial charge in [-0.2, -0.15) is 0 Å². The summed E-state index contributed by atoms with van der Waals surface area (Å²) in [5, 5.41) is 9.24. The molecule has 0 saturated carbocycles. The van der Waals surface area contributed by atoms with Crippen LogP contribution in [0.4, 0.5) is 0 Å². The fourth-order valence-electron chi connectivity index (χ4n) is 2.93. The number of aliphatic hydroxyl groups excluding tert-OH is 1. The van der Waals surface area contributed by atoms with Crippen molar-refractivity contribution < 1.29 is 9.90 Å². The zero-order chi connectivity index (χ0) is 13.9. The Labute approximate surface area is 120 Å². The molecule has 4 nitrogen and oxygen atoms in total. The molecule has 2 aliphatic rings. The number of amides is 1. The van der Waals surface area contributed by atoms with Crippen molar-refractivity contribution >= 4 is 5.91 Å². The molecule has 0 aliphatic carbocycles. The predicted octanol–water partition coefficient (Wildman–Crippen LogP) is 1.49. The number of piperidine rings is 1. The topological polar surface area (TPSA) is 43.8 Å². The van der Waals surface area contributed by atoms with E-state index in [0.29, 0.717) is 13.1 Å². The van der Waals surface area contributed by atoms with Gasteiger partial charge in [0.05, 0.1) is 6.10 Å². The fourth-order valence-corrected chi connectivity index (χ4v) is 2.93. The summed E-state index contributed by atoms with van der Waals surface area (Å²) in [4.78, 5) is 16.2. The maximum absolute atomic E-state index is 12.1. The van der Waals surface area contributed by atoms with Crippen molar-refractivity contribution in [2.75, 3.05) is 26.2 Å². The van der Waals surface area contributed by atoms with E-state index in [9.17, 15) is 9.90 Å². The molecule has 1 N–H and O–H groups in total. The lowest BCUT2D eigenvalue weighted by molar-refractivity contribution is 0.00589. The van der Waals surface area contributed by atoms with Gasteiger partial charge in [0.2, 0.25) is 0 Å². The first-order valence-electron chi connectivity index (χ1n) is 7.51. The molecule has 0 unspecified atom stereocenters. The van der Waals surface area contributed by atoms with Gasteiger partial charge in [-0.1, -0.05) is 18.6 Å². The molecule has 3 rings (SSSR count). The van der Waals surface area contributed by atoms with Crippen molar-refractivity contribution in [2.24, 2.45) is 0 Å². The van der Waals surface area contributed by atoms with Crippen LogP contribution < -0.4 is 0 Å². The van der Waals surface area contributed by atoms with E-state index in [0.717, 1.165) is 12.1 Å². The van der Waals surface area contributed by atoms with Crippen molar-refractivity contribution in [3.63, 3.8) is 0 Å². The molecule has 20 heavy (non-hydrogen) atoms. The monoisotopic (exact) mass is 274 g/mol. The average molecular weight is 274 g/mol. The highest BCUT2D eigenvalue weighted by molar-refractivity contribution is 5.94. The minimum Gasteiger partial charge on any atom is -0.389 e. The summed E-state index contributed by atoms with van der Waals surface area (Å²) in [5.74, 6) is 0.0276. The molecular formula is C16H22N2O2. The molecule has 0 aromatic heterocycles. The second-order valence-corrected chi connectivity index (χ2v) is 5.90. The number of aliphatic hydroxyl groups is 1. The largest absolute Gasteiger partial charge is 0.389 e. The predicted molar refractivity (Wildman–Crippen MR) is 77.5 cm³/mol. The SMILES string of the molecule is O=C(c1ccc(CN2CCCCC2)cc1)N1CC(O)C1. The number of hydrogen-bond donors (Lipinski definition) is 1. The van der Waals surface area contributed by atoms with Crippen LogP contribution in [0.5, 0.6) is 0 Å². The molecule has 1 amide bonds. The molecule has 2 fully saturated rings. The zero-order valence-electron chi connectivity index (χ0n) is 11.8. The number of β-amino-alcohol motifs (C(OH)–C–C–N with tert-alkyl or cyclic N) is 1. The van der Waals surface area contributed by atoms with Crippen molar-refractivity contribution in [3.05, 3.63) is 35.4 Å². The van der Waals surface area contributed by atoms with Gasteiger partial charge in [0.1, 0.15) is 0 Å². The van der Waals surface area contributed by atoms with Crippen molar-refractivity contribution in [1.29, 1.82) is 0 Å². The molecule has 0 bridgehead atoms. The third-order valence-corrected chi connectivity index (χ3v) is 4.21. The van der Waals surface area contributed by atoms with Crippen LogP contribution in [0.1, 0.15) is 35.2 Å². The van der Waals surface area contributed by atoms with E-state index in [2.05, 4.69) is 17.0 Å². The van der Waals surface area contributed by atoms with E-state index in [-0.39, 0.29) is 12.0 Å². The summed E-state index contributed by atoms with van der Waals surface area (Å²) in [7, 11) is 0. The molecule has 2 heterocycles. The highest BCUT2D eigenvalue weighted by atomic mass is 16.3. The first kappa shape index (κ1) is 13.6. The van der Waals surface area contributed by atoms with E-state index in [4.69, 9.17) is 0 Å². The van der Waals surface area contributed by atoms with Crippen LogP contribution in [-0.4, -0.2) is 53.1 Å². The average Bonchev–Trinajstić information content (AvgIpc) is 2.45. The first-order valence-corrected chi connectivity index (χ1v) is 7.51. The lowest BCUT2D eigenvalue weighted by atomic mass is 10.1. The van der Waals surface area contributed by atoms with Crippen LogP contribution in [0.25, 0.3) is 0 Å². The number of rotatable bonds is 3. The molecule has 1 aromatic rings. The van der Waals surface area contributed by atoms with Crippen LogP contribution in [-0.2, 0) is 6.54 Å². The van der Waals surface area contributed by atoms with Crippen LogP contribution in [0.2, 0.25) is 0 Å². The lowest BCUT2D eigenvalue weighted by Gasteiger charge is -2.35. The fraction of sp³-hybridized carbons (Fsp3) is 0.562. The maximum atomic E-state index is 12.1. The maximum Gasteiger partial charge on any atom is 0.254 e. The summed E-state index contributed by atoms with van der Waals surface area (Å²) in [6, 6.07) is 7.93. The molecule has 2 saturated heterocycles. The summed E-state index contributed by atoms with van der Waals surface area (Å²) in [6.07, 6.45) is 3.62. The van der Waals surface area contributed by atoms with Gasteiger partial charge in [0.25, 0.3) is 5.91 Å². The van der Waals surface area contributed by atoms with Gasteiger partial charge >= 0.3 is 0 Å². The van der Waals surface area contributed by atoms with Crippen LogP contribution >= 0.6 is 0 Å². The minimum atomic E-state index is -0.336. The molecule has 1 aromatic carbocycles. The number of hydrogen-bond acceptors (Lipinski definition) is 3. The van der Waals surface area contributed by atoms with E-state index in [1.165, 1.54) is 37.9 Å². The summed E-state index contributed by atoms with van der Waals surface area (Å²) >= 11 is 0. The van der Waals surface area contributed by atoms with Gasteiger partial charge in [-0.3, -0.25) is 9.69 Å². The smallest absolute Gasteiger partial charge is 0.254 e. The minimum absolute atomic E-state index is 0.0276. The standard InChI is InChI=1S/C16H22N2O2/c19-15-11-18(12-15)16(20)14-6-4-13(5-7-14)10-17-8-2-1-3-9-17/h4-7,15,19H,1-3,8-12H2. The molecule has 0 atom stereocenters. The molecule has 4 heteroatoms. The Balaban J connectivity index is 1.58.